The standard InChI is InChI=1S/C7H10N2S/c1-6-7(2-3-10)4-8-5-9-6/h4-5,10H,2-3H2,1H3. The molecule has 0 amide bonds. The molecule has 0 saturated carbocycles. The van der Waals surface area contributed by atoms with Gasteiger partial charge in [0, 0.05) is 11.9 Å². The molecule has 0 aromatic carbocycles. The highest BCUT2D eigenvalue weighted by molar-refractivity contribution is 7.80. The SMILES string of the molecule is Cc1ncncc1CCS. The van der Waals surface area contributed by atoms with Gasteiger partial charge in [-0.1, -0.05) is 0 Å². The number of thiol groups is 1. The maximum atomic E-state index is 4.12. The zero-order valence-electron chi connectivity index (χ0n) is 5.91. The van der Waals surface area contributed by atoms with Crippen LogP contribution in [0.15, 0.2) is 12.5 Å². The molecule has 0 saturated heterocycles. The van der Waals surface area contributed by atoms with Gasteiger partial charge in [0.1, 0.15) is 6.33 Å². The highest BCUT2D eigenvalue weighted by Gasteiger charge is 1.95. The summed E-state index contributed by atoms with van der Waals surface area (Å²) in [5.41, 5.74) is 2.25. The van der Waals surface area contributed by atoms with Crippen LogP contribution in [0.5, 0.6) is 0 Å². The largest absolute Gasteiger partial charge is 0.245 e. The molecule has 0 radical (unpaired) electrons. The minimum atomic E-state index is 0.855. The number of nitrogens with zero attached hydrogens (tertiary/aromatic N) is 2. The summed E-state index contributed by atoms with van der Waals surface area (Å²) in [4.78, 5) is 7.97. The molecule has 0 spiro atoms. The van der Waals surface area contributed by atoms with Crippen LogP contribution in [0.25, 0.3) is 0 Å². The van der Waals surface area contributed by atoms with Crippen LogP contribution in [0, 0.1) is 6.92 Å². The van der Waals surface area contributed by atoms with E-state index in [0.29, 0.717) is 0 Å². The quantitative estimate of drug-likeness (QED) is 0.649. The first-order valence-corrected chi connectivity index (χ1v) is 3.84. The summed E-state index contributed by atoms with van der Waals surface area (Å²) >= 11 is 4.12. The number of aryl methyl sites for hydroxylation is 2. The summed E-state index contributed by atoms with van der Waals surface area (Å²) in [6, 6.07) is 0. The lowest BCUT2D eigenvalue weighted by molar-refractivity contribution is 1.00. The van der Waals surface area contributed by atoms with Crippen molar-refractivity contribution >= 4 is 12.6 Å². The zero-order chi connectivity index (χ0) is 7.40. The molecule has 1 heterocycles. The van der Waals surface area contributed by atoms with Gasteiger partial charge in [0.15, 0.2) is 0 Å². The van der Waals surface area contributed by atoms with E-state index in [9.17, 15) is 0 Å². The number of hydrogen-bond donors (Lipinski definition) is 1. The van der Waals surface area contributed by atoms with Crippen LogP contribution >= 0.6 is 12.6 Å². The molecule has 54 valence electrons. The van der Waals surface area contributed by atoms with E-state index in [0.717, 1.165) is 17.9 Å². The molecule has 1 rings (SSSR count). The smallest absolute Gasteiger partial charge is 0.115 e. The molecule has 0 aliphatic carbocycles. The van der Waals surface area contributed by atoms with Crippen LogP contribution in [0.4, 0.5) is 0 Å². The summed E-state index contributed by atoms with van der Waals surface area (Å²) in [6.45, 7) is 1.99. The van der Waals surface area contributed by atoms with E-state index in [2.05, 4.69) is 22.6 Å². The average molecular weight is 154 g/mol. The lowest BCUT2D eigenvalue weighted by Gasteiger charge is -1.98. The predicted molar refractivity (Wildman–Crippen MR) is 44.3 cm³/mol. The normalized spacial score (nSPS) is 9.80. The first-order chi connectivity index (χ1) is 4.84. The van der Waals surface area contributed by atoms with Gasteiger partial charge in [-0.2, -0.15) is 12.6 Å². The van der Waals surface area contributed by atoms with Crippen LogP contribution in [0.2, 0.25) is 0 Å². The van der Waals surface area contributed by atoms with Crippen molar-refractivity contribution in [2.75, 3.05) is 5.75 Å². The molecule has 0 aliphatic heterocycles. The van der Waals surface area contributed by atoms with Gasteiger partial charge in [-0.3, -0.25) is 0 Å². The molecule has 0 unspecified atom stereocenters. The van der Waals surface area contributed by atoms with Gasteiger partial charge in [0.05, 0.1) is 0 Å². The summed E-state index contributed by atoms with van der Waals surface area (Å²) in [6.07, 6.45) is 4.37. The van der Waals surface area contributed by atoms with Gasteiger partial charge in [0.2, 0.25) is 0 Å². The van der Waals surface area contributed by atoms with Crippen molar-refractivity contribution in [2.45, 2.75) is 13.3 Å². The molecule has 0 bridgehead atoms. The fourth-order valence-electron chi connectivity index (χ4n) is 0.785. The van der Waals surface area contributed by atoms with Crippen molar-refractivity contribution in [3.63, 3.8) is 0 Å². The number of hydrogen-bond acceptors (Lipinski definition) is 3. The summed E-state index contributed by atoms with van der Waals surface area (Å²) in [5.74, 6) is 0.855. The van der Waals surface area contributed by atoms with Crippen LogP contribution in [-0.2, 0) is 6.42 Å². The average Bonchev–Trinajstić information content (AvgIpc) is 1.94. The second-order valence-electron chi connectivity index (χ2n) is 2.11. The Morgan fingerprint density at radius 1 is 1.60 bits per heavy atom. The molecule has 2 nitrogen and oxygen atoms in total. The van der Waals surface area contributed by atoms with Gasteiger partial charge in [-0.15, -0.1) is 0 Å². The monoisotopic (exact) mass is 154 g/mol. The number of rotatable bonds is 2. The fourth-order valence-corrected chi connectivity index (χ4v) is 1.03. The first-order valence-electron chi connectivity index (χ1n) is 3.21. The predicted octanol–water partition coefficient (Wildman–Crippen LogP) is 1.26. The van der Waals surface area contributed by atoms with Crippen molar-refractivity contribution in [1.29, 1.82) is 0 Å². The topological polar surface area (TPSA) is 25.8 Å². The fraction of sp³-hybridized carbons (Fsp3) is 0.429. The molecule has 0 fully saturated rings. The minimum absolute atomic E-state index is 0.855. The van der Waals surface area contributed by atoms with Gasteiger partial charge in [-0.05, 0) is 24.7 Å². The minimum Gasteiger partial charge on any atom is -0.245 e. The first kappa shape index (κ1) is 7.54. The molecular formula is C7H10N2S. The van der Waals surface area contributed by atoms with Gasteiger partial charge < -0.3 is 0 Å². The van der Waals surface area contributed by atoms with E-state index in [-0.39, 0.29) is 0 Å². The summed E-state index contributed by atoms with van der Waals surface area (Å²) < 4.78 is 0. The summed E-state index contributed by atoms with van der Waals surface area (Å²) in [5, 5.41) is 0. The van der Waals surface area contributed by atoms with Crippen LogP contribution in [0.3, 0.4) is 0 Å². The highest BCUT2D eigenvalue weighted by atomic mass is 32.1. The molecule has 10 heavy (non-hydrogen) atoms. The van der Waals surface area contributed by atoms with Crippen LogP contribution in [0.1, 0.15) is 11.3 Å². The van der Waals surface area contributed by atoms with Crippen LogP contribution in [-0.4, -0.2) is 15.7 Å². The molecular weight excluding hydrogens is 144 g/mol. The van der Waals surface area contributed by atoms with Crippen molar-refractivity contribution < 1.29 is 0 Å². The Morgan fingerprint density at radius 3 is 3.00 bits per heavy atom. The van der Waals surface area contributed by atoms with Gasteiger partial charge in [-0.25, -0.2) is 9.97 Å². The van der Waals surface area contributed by atoms with Crippen molar-refractivity contribution in [2.24, 2.45) is 0 Å². The summed E-state index contributed by atoms with van der Waals surface area (Å²) in [7, 11) is 0. The van der Waals surface area contributed by atoms with E-state index in [1.54, 1.807) is 6.33 Å². The van der Waals surface area contributed by atoms with Gasteiger partial charge in [0.25, 0.3) is 0 Å². The number of aromatic nitrogens is 2. The zero-order valence-corrected chi connectivity index (χ0v) is 6.80. The third-order valence-electron chi connectivity index (χ3n) is 1.39. The second-order valence-corrected chi connectivity index (χ2v) is 2.55. The van der Waals surface area contributed by atoms with E-state index >= 15 is 0 Å². The van der Waals surface area contributed by atoms with E-state index in [1.165, 1.54) is 5.56 Å². The molecule has 0 N–H and O–H groups in total. The Morgan fingerprint density at radius 2 is 2.40 bits per heavy atom. The highest BCUT2D eigenvalue weighted by Crippen LogP contribution is 2.02. The van der Waals surface area contributed by atoms with E-state index in [4.69, 9.17) is 0 Å². The lowest BCUT2D eigenvalue weighted by Crippen LogP contribution is -1.94. The Labute approximate surface area is 66.1 Å². The lowest BCUT2D eigenvalue weighted by atomic mass is 10.2. The molecule has 1 aromatic heterocycles. The van der Waals surface area contributed by atoms with Crippen molar-refractivity contribution in [3.05, 3.63) is 23.8 Å². The van der Waals surface area contributed by atoms with Crippen molar-refractivity contribution in [1.82, 2.24) is 9.97 Å². The third-order valence-corrected chi connectivity index (χ3v) is 1.62. The van der Waals surface area contributed by atoms with Crippen LogP contribution < -0.4 is 0 Å². The third kappa shape index (κ3) is 1.70. The molecule has 1 aromatic rings. The van der Waals surface area contributed by atoms with E-state index in [1.807, 2.05) is 13.1 Å². The van der Waals surface area contributed by atoms with E-state index < -0.39 is 0 Å². The molecule has 0 aliphatic rings. The van der Waals surface area contributed by atoms with Crippen molar-refractivity contribution in [3.8, 4) is 0 Å². The van der Waals surface area contributed by atoms with Gasteiger partial charge >= 0.3 is 0 Å². The second kappa shape index (κ2) is 3.56. The Balaban J connectivity index is 2.81. The molecule has 3 heteroatoms. The molecule has 0 atom stereocenters. The Hall–Kier alpha value is -0.570. The maximum absolute atomic E-state index is 4.12. The Bertz CT molecular complexity index is 213. The Kier molecular flexibility index (Phi) is 2.68. The maximum Gasteiger partial charge on any atom is 0.115 e.